The third-order valence-corrected chi connectivity index (χ3v) is 7.73. The second-order valence-corrected chi connectivity index (χ2v) is 10.4. The van der Waals surface area contributed by atoms with Crippen molar-refractivity contribution in [2.24, 2.45) is 5.73 Å². The van der Waals surface area contributed by atoms with E-state index in [2.05, 4.69) is 20.6 Å². The first kappa shape index (κ1) is 22.4. The first-order valence-electron chi connectivity index (χ1n) is 11.3. The highest BCUT2D eigenvalue weighted by Gasteiger charge is 2.46. The van der Waals surface area contributed by atoms with Crippen LogP contribution in [0, 0.1) is 11.6 Å². The van der Waals surface area contributed by atoms with Gasteiger partial charge in [-0.1, -0.05) is 17.8 Å². The molecule has 3 aliphatic rings. The second kappa shape index (κ2) is 7.99. The van der Waals surface area contributed by atoms with E-state index >= 15 is 0 Å². The fourth-order valence-corrected chi connectivity index (χ4v) is 5.64. The summed E-state index contributed by atoms with van der Waals surface area (Å²) in [5.74, 6) is -2.98. The quantitative estimate of drug-likeness (QED) is 0.397. The number of halogens is 4. The normalized spacial score (nSPS) is 21.5. The van der Waals surface area contributed by atoms with E-state index < -0.39 is 28.5 Å². The third kappa shape index (κ3) is 4.16. The fourth-order valence-electron chi connectivity index (χ4n) is 4.50. The van der Waals surface area contributed by atoms with Gasteiger partial charge in [-0.25, -0.2) is 27.5 Å². The number of thioether (sulfide) groups is 1. The third-order valence-electron chi connectivity index (χ3n) is 6.56. The zero-order valence-corrected chi connectivity index (χ0v) is 19.3. The number of nitrogens with two attached hydrogens (primary N) is 1. The zero-order chi connectivity index (χ0) is 24.4. The summed E-state index contributed by atoms with van der Waals surface area (Å²) in [5.41, 5.74) is 7.72. The van der Waals surface area contributed by atoms with E-state index in [-0.39, 0.29) is 25.1 Å². The topological polar surface area (TPSA) is 79.1 Å². The number of nitrogens with zero attached hydrogens (tertiary/aromatic N) is 3. The monoisotopic (exact) mass is 502 g/mol. The molecule has 1 saturated carbocycles. The van der Waals surface area contributed by atoms with Crippen LogP contribution in [-0.2, 0) is 5.54 Å². The van der Waals surface area contributed by atoms with Crippen LogP contribution in [0.5, 0.6) is 0 Å². The van der Waals surface area contributed by atoms with Crippen LogP contribution in [0.2, 0.25) is 0 Å². The van der Waals surface area contributed by atoms with E-state index in [9.17, 15) is 17.6 Å². The van der Waals surface area contributed by atoms with Crippen LogP contribution in [0.3, 0.4) is 0 Å². The molecule has 182 valence electrons. The second-order valence-electron chi connectivity index (χ2n) is 9.22. The van der Waals surface area contributed by atoms with Crippen molar-refractivity contribution in [1.29, 1.82) is 0 Å². The number of pyridine rings is 2. The number of hydrogen-bond donors (Lipinski definition) is 3. The molecule has 0 radical (unpaired) electrons. The molecular formula is C24H22F4N6S. The van der Waals surface area contributed by atoms with Gasteiger partial charge in [-0.05, 0) is 37.1 Å². The lowest BCUT2D eigenvalue weighted by Gasteiger charge is -2.24. The van der Waals surface area contributed by atoms with Gasteiger partial charge in [0.15, 0.2) is 0 Å². The Balaban J connectivity index is 1.24. The van der Waals surface area contributed by atoms with Crippen molar-refractivity contribution in [3.8, 4) is 0 Å². The number of rotatable bonds is 5. The predicted octanol–water partition coefficient (Wildman–Crippen LogP) is 5.51. The molecular weight excluding hydrogens is 480 g/mol. The molecule has 2 fully saturated rings. The van der Waals surface area contributed by atoms with Gasteiger partial charge >= 0.3 is 0 Å². The van der Waals surface area contributed by atoms with Crippen molar-refractivity contribution in [1.82, 2.24) is 9.97 Å². The molecule has 6 nitrogen and oxygen atoms in total. The lowest BCUT2D eigenvalue weighted by Crippen LogP contribution is -2.30. The zero-order valence-electron chi connectivity index (χ0n) is 18.5. The molecule has 0 amide bonds. The number of hydrogen-bond acceptors (Lipinski definition) is 7. The Kier molecular flexibility index (Phi) is 5.12. The maximum atomic E-state index is 14.2. The summed E-state index contributed by atoms with van der Waals surface area (Å²) in [6, 6.07) is 9.03. The minimum Gasteiger partial charge on any atom is -0.368 e. The largest absolute Gasteiger partial charge is 0.368 e. The van der Waals surface area contributed by atoms with Crippen molar-refractivity contribution < 1.29 is 17.6 Å². The Labute approximate surface area is 203 Å². The smallest absolute Gasteiger partial charge is 0.266 e. The lowest BCUT2D eigenvalue weighted by molar-refractivity contribution is 0.0257. The standard InChI is InChI=1S/C24H22F4N6S/c25-13-2-1-3-14(26)20(13)22-31-15-10-19(30-11-17(15)35-22)32-18-5-4-16(21(33-18)23(29)6-7-23)34-9-8-24(27,28)12-34/h1-5,10-11,22,31H,6-9,12,29H2,(H,30,32,33). The predicted molar refractivity (Wildman–Crippen MR) is 127 cm³/mol. The van der Waals surface area contributed by atoms with Crippen LogP contribution in [0.4, 0.5) is 40.6 Å². The molecule has 2 aliphatic heterocycles. The number of nitrogens with one attached hydrogen (secondary N) is 2. The van der Waals surface area contributed by atoms with Gasteiger partial charge < -0.3 is 21.3 Å². The molecule has 0 bridgehead atoms. The Bertz CT molecular complexity index is 1290. The van der Waals surface area contributed by atoms with Gasteiger partial charge in [0, 0.05) is 25.2 Å². The van der Waals surface area contributed by atoms with Gasteiger partial charge in [0.25, 0.3) is 5.92 Å². The number of anilines is 4. The lowest BCUT2D eigenvalue weighted by atomic mass is 10.1. The number of fused-ring (bicyclic) bond motifs is 1. The molecule has 0 spiro atoms. The summed E-state index contributed by atoms with van der Waals surface area (Å²) in [6.07, 6.45) is 2.92. The number of aromatic nitrogens is 2. The summed E-state index contributed by atoms with van der Waals surface area (Å²) in [7, 11) is 0. The molecule has 6 rings (SSSR count). The minimum atomic E-state index is -2.72. The van der Waals surface area contributed by atoms with E-state index in [1.165, 1.54) is 30.0 Å². The van der Waals surface area contributed by atoms with Crippen molar-refractivity contribution in [2.45, 2.75) is 41.0 Å². The van der Waals surface area contributed by atoms with Gasteiger partial charge in [0.1, 0.15) is 28.6 Å². The van der Waals surface area contributed by atoms with Crippen molar-refractivity contribution in [3.05, 3.63) is 65.5 Å². The average Bonchev–Trinajstić information content (AvgIpc) is 3.26. The Hall–Kier alpha value is -3.05. The summed E-state index contributed by atoms with van der Waals surface area (Å²) in [6.45, 7) is -0.0892. The number of benzene rings is 1. The molecule has 1 unspecified atom stereocenters. The summed E-state index contributed by atoms with van der Waals surface area (Å²) in [4.78, 5) is 11.5. The maximum Gasteiger partial charge on any atom is 0.266 e. The van der Waals surface area contributed by atoms with Gasteiger partial charge in [-0.2, -0.15) is 0 Å². The SMILES string of the molecule is NC1(c2nc(Nc3cc4c(cn3)SC(c3c(F)cccc3F)N4)ccc2N2CCC(F)(F)C2)CC1. The number of alkyl halides is 2. The van der Waals surface area contributed by atoms with E-state index in [1.807, 2.05) is 0 Å². The van der Waals surface area contributed by atoms with Crippen molar-refractivity contribution in [3.63, 3.8) is 0 Å². The van der Waals surface area contributed by atoms with Crippen molar-refractivity contribution in [2.75, 3.05) is 28.6 Å². The minimum absolute atomic E-state index is 0.0322. The molecule has 3 aromatic rings. The first-order chi connectivity index (χ1) is 16.7. The molecule has 4 N–H and O–H groups in total. The van der Waals surface area contributed by atoms with Crippen LogP contribution in [0.1, 0.15) is 35.9 Å². The molecule has 4 heterocycles. The molecule has 1 aromatic carbocycles. The highest BCUT2D eigenvalue weighted by Crippen LogP contribution is 2.49. The van der Waals surface area contributed by atoms with Crippen LogP contribution in [0.15, 0.2) is 47.5 Å². The molecule has 2 aromatic heterocycles. The first-order valence-corrected chi connectivity index (χ1v) is 12.2. The molecule has 11 heteroatoms. The van der Waals surface area contributed by atoms with Crippen LogP contribution < -0.4 is 21.3 Å². The molecule has 1 atom stereocenters. The fraction of sp³-hybridized carbons (Fsp3) is 0.333. The van der Waals surface area contributed by atoms with Crippen LogP contribution >= 0.6 is 11.8 Å². The van der Waals surface area contributed by atoms with Gasteiger partial charge in [-0.3, -0.25) is 0 Å². The summed E-state index contributed by atoms with van der Waals surface area (Å²) in [5, 5.41) is 5.67. The Morgan fingerprint density at radius 3 is 2.54 bits per heavy atom. The molecule has 35 heavy (non-hydrogen) atoms. The average molecular weight is 503 g/mol. The summed E-state index contributed by atoms with van der Waals surface area (Å²) < 4.78 is 56.1. The van der Waals surface area contributed by atoms with Crippen LogP contribution in [-0.4, -0.2) is 29.0 Å². The Morgan fingerprint density at radius 2 is 1.86 bits per heavy atom. The van der Waals surface area contributed by atoms with Crippen LogP contribution in [0.25, 0.3) is 0 Å². The summed E-state index contributed by atoms with van der Waals surface area (Å²) >= 11 is 1.28. The van der Waals surface area contributed by atoms with E-state index in [1.54, 1.807) is 29.3 Å². The van der Waals surface area contributed by atoms with E-state index in [0.29, 0.717) is 28.7 Å². The molecule has 1 saturated heterocycles. The van der Waals surface area contributed by atoms with E-state index in [4.69, 9.17) is 5.73 Å². The van der Waals surface area contributed by atoms with Gasteiger partial charge in [-0.15, -0.1) is 0 Å². The van der Waals surface area contributed by atoms with E-state index in [0.717, 1.165) is 17.7 Å². The molecule has 1 aliphatic carbocycles. The van der Waals surface area contributed by atoms with Gasteiger partial charge in [0.2, 0.25) is 0 Å². The van der Waals surface area contributed by atoms with Gasteiger partial charge in [0.05, 0.1) is 39.6 Å². The Morgan fingerprint density at radius 1 is 1.09 bits per heavy atom. The van der Waals surface area contributed by atoms with Crippen molar-refractivity contribution >= 4 is 34.8 Å². The maximum absolute atomic E-state index is 14.2. The highest BCUT2D eigenvalue weighted by atomic mass is 32.2. The highest BCUT2D eigenvalue weighted by molar-refractivity contribution is 8.00.